The third kappa shape index (κ3) is 1.26. The van der Waals surface area contributed by atoms with Crippen LogP contribution >= 0.6 is 0 Å². The number of fused-ring (bicyclic) bond motifs is 2. The van der Waals surface area contributed by atoms with Gasteiger partial charge in [-0.2, -0.15) is 0 Å². The quantitative estimate of drug-likeness (QED) is 0.323. The van der Waals surface area contributed by atoms with E-state index in [9.17, 15) is 9.18 Å². The molecule has 0 radical (unpaired) electrons. The Morgan fingerprint density at radius 3 is 2.82 bits per heavy atom. The molecule has 0 bridgehead atoms. The average molecular weight is 235 g/mol. The van der Waals surface area contributed by atoms with Crippen molar-refractivity contribution in [2.24, 2.45) is 5.11 Å². The highest BCUT2D eigenvalue weighted by molar-refractivity contribution is 6.07. The topological polar surface area (TPSA) is 84.3 Å². The van der Waals surface area contributed by atoms with Gasteiger partial charge in [-0.15, -0.1) is 0 Å². The summed E-state index contributed by atoms with van der Waals surface area (Å²) in [6.45, 7) is 0.0868. The Bertz CT molecular complexity index is 582. The minimum atomic E-state index is -2.52. The summed E-state index contributed by atoms with van der Waals surface area (Å²) in [5, 5.41) is 2.94. The van der Waals surface area contributed by atoms with Crippen LogP contribution in [0, 0.1) is 0 Å². The van der Waals surface area contributed by atoms with Crippen molar-refractivity contribution in [3.05, 3.63) is 33.7 Å². The highest BCUT2D eigenvalue weighted by Crippen LogP contribution is 2.42. The van der Waals surface area contributed by atoms with Gasteiger partial charge in [0.2, 0.25) is 12.6 Å². The number of halogens is 1. The van der Waals surface area contributed by atoms with Gasteiger partial charge in [0.1, 0.15) is 0 Å². The molecule has 1 aliphatic carbocycles. The molecule has 1 atom stereocenters. The van der Waals surface area contributed by atoms with Gasteiger partial charge >= 0.3 is 0 Å². The second-order valence-corrected chi connectivity index (χ2v) is 3.82. The zero-order chi connectivity index (χ0) is 12.0. The Hall–Kier alpha value is -2.27. The number of carbonyl (C=O) groups is 1. The Morgan fingerprint density at radius 1 is 1.41 bits per heavy atom. The maximum Gasteiger partial charge on any atom is 0.255 e. The molecule has 2 aliphatic rings. The largest absolute Gasteiger partial charge is 0.454 e. The number of nitrogens with zero attached hydrogens (tertiary/aromatic N) is 3. The summed E-state index contributed by atoms with van der Waals surface area (Å²) in [5.74, 6) is -2.47. The van der Waals surface area contributed by atoms with Crippen molar-refractivity contribution in [3.8, 4) is 11.5 Å². The van der Waals surface area contributed by atoms with Crippen LogP contribution in [0.15, 0.2) is 17.2 Å². The number of ether oxygens (including phenoxy) is 2. The fourth-order valence-electron chi connectivity index (χ4n) is 2.03. The summed E-state index contributed by atoms with van der Waals surface area (Å²) in [5.41, 5.74) is 8.92. The van der Waals surface area contributed by atoms with Crippen LogP contribution in [0.2, 0.25) is 0 Å². The Labute approximate surface area is 94.6 Å². The predicted octanol–water partition coefficient (Wildman–Crippen LogP) is 2.13. The maximum atomic E-state index is 14.0. The van der Waals surface area contributed by atoms with Crippen molar-refractivity contribution in [3.63, 3.8) is 0 Å². The van der Waals surface area contributed by atoms with E-state index >= 15 is 0 Å². The molecular formula is C10H6FN3O3. The Kier molecular flexibility index (Phi) is 1.82. The van der Waals surface area contributed by atoms with Gasteiger partial charge in [0.15, 0.2) is 11.5 Å². The Balaban J connectivity index is 2.13. The van der Waals surface area contributed by atoms with Crippen LogP contribution in [0.1, 0.15) is 15.9 Å². The number of carbonyl (C=O) groups excluding carboxylic acids is 1. The standard InChI is InChI=1S/C10H6FN3O3/c11-10(13-14-12)3-5-1-7-8(17-4-16-7)2-6(5)9(10)15/h1-2H,3-4H2. The molecule has 0 saturated carbocycles. The van der Waals surface area contributed by atoms with Gasteiger partial charge in [0.25, 0.3) is 5.79 Å². The van der Waals surface area contributed by atoms with Gasteiger partial charge in [-0.1, -0.05) is 0 Å². The second-order valence-electron chi connectivity index (χ2n) is 3.82. The zero-order valence-electron chi connectivity index (χ0n) is 8.51. The fraction of sp³-hybridized carbons (Fsp3) is 0.300. The monoisotopic (exact) mass is 235 g/mol. The molecule has 1 aromatic carbocycles. The maximum absolute atomic E-state index is 14.0. The molecular weight excluding hydrogens is 229 g/mol. The predicted molar refractivity (Wildman–Crippen MR) is 53.6 cm³/mol. The SMILES string of the molecule is [N-]=[N+]=NC1(F)Cc2cc3c(cc2C1=O)OCO3. The summed E-state index contributed by atoms with van der Waals surface area (Å²) < 4.78 is 24.3. The number of ketones is 1. The normalized spacial score (nSPS) is 24.4. The first-order chi connectivity index (χ1) is 8.14. The van der Waals surface area contributed by atoms with E-state index in [0.717, 1.165) is 0 Å². The zero-order valence-corrected chi connectivity index (χ0v) is 8.51. The van der Waals surface area contributed by atoms with Crippen LogP contribution < -0.4 is 9.47 Å². The molecule has 1 aliphatic heterocycles. The number of benzene rings is 1. The molecule has 1 heterocycles. The lowest BCUT2D eigenvalue weighted by Gasteiger charge is -2.07. The first kappa shape index (κ1) is 9.92. The molecule has 7 heteroatoms. The number of Topliss-reactive ketones (excluding diaryl/α,β-unsaturated/α-hetero) is 1. The van der Waals surface area contributed by atoms with E-state index in [1.807, 2.05) is 0 Å². The van der Waals surface area contributed by atoms with E-state index in [4.69, 9.17) is 15.0 Å². The fourth-order valence-corrected chi connectivity index (χ4v) is 2.03. The van der Waals surface area contributed by atoms with Gasteiger partial charge in [0.05, 0.1) is 0 Å². The van der Waals surface area contributed by atoms with Crippen LogP contribution in [0.5, 0.6) is 11.5 Å². The van der Waals surface area contributed by atoms with Crippen LogP contribution in [0.25, 0.3) is 10.4 Å². The van der Waals surface area contributed by atoms with Crippen molar-refractivity contribution in [2.45, 2.75) is 12.2 Å². The summed E-state index contributed by atoms with van der Waals surface area (Å²) in [6, 6.07) is 2.97. The van der Waals surface area contributed by atoms with Gasteiger partial charge in [-0.25, -0.2) is 4.39 Å². The molecule has 86 valence electrons. The molecule has 0 fully saturated rings. The molecule has 3 rings (SSSR count). The highest BCUT2D eigenvalue weighted by atomic mass is 19.1. The first-order valence-corrected chi connectivity index (χ1v) is 4.86. The van der Waals surface area contributed by atoms with Gasteiger partial charge in [0, 0.05) is 16.9 Å². The first-order valence-electron chi connectivity index (χ1n) is 4.86. The van der Waals surface area contributed by atoms with Crippen molar-refractivity contribution in [2.75, 3.05) is 6.79 Å². The Morgan fingerprint density at radius 2 is 2.12 bits per heavy atom. The van der Waals surface area contributed by atoms with Crippen molar-refractivity contribution in [1.29, 1.82) is 0 Å². The van der Waals surface area contributed by atoms with E-state index in [2.05, 4.69) is 10.0 Å². The number of rotatable bonds is 1. The smallest absolute Gasteiger partial charge is 0.255 e. The molecule has 17 heavy (non-hydrogen) atoms. The lowest BCUT2D eigenvalue weighted by atomic mass is 10.1. The molecule has 0 saturated heterocycles. The summed E-state index contributed by atoms with van der Waals surface area (Å²) in [4.78, 5) is 14.1. The number of alkyl halides is 1. The number of azide groups is 1. The number of hydrogen-bond acceptors (Lipinski definition) is 4. The van der Waals surface area contributed by atoms with Crippen LogP contribution in [0.3, 0.4) is 0 Å². The summed E-state index contributed by atoms with van der Waals surface area (Å²) in [6.07, 6.45) is -0.262. The van der Waals surface area contributed by atoms with E-state index in [1.54, 1.807) is 6.07 Å². The third-order valence-corrected chi connectivity index (χ3v) is 2.82. The summed E-state index contributed by atoms with van der Waals surface area (Å²) >= 11 is 0. The molecule has 0 N–H and O–H groups in total. The number of hydrogen-bond donors (Lipinski definition) is 0. The molecule has 6 nitrogen and oxygen atoms in total. The van der Waals surface area contributed by atoms with Crippen molar-refractivity contribution < 1.29 is 18.7 Å². The molecule has 0 spiro atoms. The van der Waals surface area contributed by atoms with Gasteiger partial charge < -0.3 is 9.47 Å². The van der Waals surface area contributed by atoms with Crippen LogP contribution in [0.4, 0.5) is 4.39 Å². The molecule has 1 aromatic rings. The van der Waals surface area contributed by atoms with Gasteiger partial charge in [-0.05, 0) is 28.3 Å². The van der Waals surface area contributed by atoms with E-state index in [0.29, 0.717) is 17.1 Å². The lowest BCUT2D eigenvalue weighted by molar-refractivity contribution is 0.0735. The van der Waals surface area contributed by atoms with Crippen molar-refractivity contribution >= 4 is 5.78 Å². The third-order valence-electron chi connectivity index (χ3n) is 2.82. The minimum Gasteiger partial charge on any atom is -0.454 e. The van der Waals surface area contributed by atoms with E-state index < -0.39 is 11.6 Å². The van der Waals surface area contributed by atoms with Crippen molar-refractivity contribution in [1.82, 2.24) is 0 Å². The highest BCUT2D eigenvalue weighted by Gasteiger charge is 2.46. The lowest BCUT2D eigenvalue weighted by Crippen LogP contribution is -2.26. The van der Waals surface area contributed by atoms with Crippen LogP contribution in [-0.4, -0.2) is 18.4 Å². The van der Waals surface area contributed by atoms with Crippen LogP contribution in [-0.2, 0) is 6.42 Å². The summed E-state index contributed by atoms with van der Waals surface area (Å²) in [7, 11) is 0. The molecule has 1 unspecified atom stereocenters. The molecule has 0 amide bonds. The van der Waals surface area contributed by atoms with E-state index in [-0.39, 0.29) is 18.8 Å². The van der Waals surface area contributed by atoms with E-state index in [1.165, 1.54) is 6.07 Å². The molecule has 0 aromatic heterocycles. The average Bonchev–Trinajstić information content (AvgIpc) is 2.82. The second kappa shape index (κ2) is 3.11. The van der Waals surface area contributed by atoms with Gasteiger partial charge in [-0.3, -0.25) is 4.79 Å². The minimum absolute atomic E-state index is 0.0868.